The number of rotatable bonds is 9. The molecule has 3 N–H and O–H groups in total. The summed E-state index contributed by atoms with van der Waals surface area (Å²) in [7, 11) is 0. The molecule has 126 valence electrons. The topological polar surface area (TPSA) is 81.2 Å². The van der Waals surface area contributed by atoms with Crippen LogP contribution in [0, 0.1) is 0 Å². The molecule has 0 saturated heterocycles. The summed E-state index contributed by atoms with van der Waals surface area (Å²) >= 11 is 4.89. The molecule has 2 rings (SSSR count). The van der Waals surface area contributed by atoms with Crippen molar-refractivity contribution in [2.24, 2.45) is 0 Å². The number of nitrogens with zero attached hydrogens (tertiary/aromatic N) is 1. The van der Waals surface area contributed by atoms with Crippen molar-refractivity contribution in [3.63, 3.8) is 0 Å². The molecule has 0 aliphatic carbocycles. The summed E-state index contributed by atoms with van der Waals surface area (Å²) in [4.78, 5) is 13.2. The number of amides is 1. The van der Waals surface area contributed by atoms with Gasteiger partial charge < -0.3 is 15.6 Å². The molecular weight excluding hydrogens is 378 g/mol. The fourth-order valence-electron chi connectivity index (χ4n) is 2.33. The van der Waals surface area contributed by atoms with Crippen molar-refractivity contribution in [1.82, 2.24) is 10.5 Å². The third kappa shape index (κ3) is 5.07. The molecule has 0 aliphatic rings. The number of hydrogen-bond donors (Lipinski definition) is 2. The van der Waals surface area contributed by atoms with E-state index >= 15 is 0 Å². The van der Waals surface area contributed by atoms with Crippen LogP contribution in [0.2, 0.25) is 0 Å². The predicted octanol–water partition coefficient (Wildman–Crippen LogP) is 4.84. The Balaban J connectivity index is 1.89. The average molecular weight is 400 g/mol. The second-order valence-corrected chi connectivity index (χ2v) is 7.86. The molecule has 0 atom stereocenters. The summed E-state index contributed by atoms with van der Waals surface area (Å²) in [5.41, 5.74) is 6.60. The molecule has 2 aromatic rings. The van der Waals surface area contributed by atoms with E-state index in [1.165, 1.54) is 37.0 Å². The van der Waals surface area contributed by atoms with Crippen LogP contribution < -0.4 is 11.1 Å². The molecule has 0 spiro atoms. The maximum Gasteiger partial charge on any atom is 0.259 e. The quantitative estimate of drug-likeness (QED) is 0.591. The number of aromatic nitrogens is 1. The number of nitrogen functional groups attached to an aromatic ring is 1. The Bertz CT molecular complexity index is 639. The second-order valence-electron chi connectivity index (χ2n) is 5.40. The van der Waals surface area contributed by atoms with Gasteiger partial charge in [0.2, 0.25) is 5.88 Å². The number of carbonyl (C=O) groups excluding carboxylic acids is 1. The van der Waals surface area contributed by atoms with Gasteiger partial charge in [0.1, 0.15) is 11.3 Å². The zero-order chi connectivity index (χ0) is 16.7. The first-order valence-corrected chi connectivity index (χ1v) is 9.53. The van der Waals surface area contributed by atoms with Crippen LogP contribution >= 0.6 is 27.3 Å². The van der Waals surface area contributed by atoms with Gasteiger partial charge in [-0.25, -0.2) is 0 Å². The van der Waals surface area contributed by atoms with Crippen LogP contribution in [0.5, 0.6) is 0 Å². The summed E-state index contributed by atoms with van der Waals surface area (Å²) < 4.78 is 5.98. The van der Waals surface area contributed by atoms with Gasteiger partial charge in [0.15, 0.2) is 0 Å². The summed E-state index contributed by atoms with van der Waals surface area (Å²) in [5.74, 6) is -0.165. The minimum absolute atomic E-state index is 0.0602. The third-order valence-corrected chi connectivity index (χ3v) is 5.20. The minimum atomic E-state index is -0.225. The highest BCUT2D eigenvalue weighted by Gasteiger charge is 2.23. The van der Waals surface area contributed by atoms with Crippen molar-refractivity contribution in [3.8, 4) is 10.6 Å². The number of unbranched alkanes of at least 4 members (excludes halogenated alkanes) is 5. The molecule has 0 aromatic carbocycles. The van der Waals surface area contributed by atoms with E-state index in [1.54, 1.807) is 0 Å². The largest absolute Gasteiger partial charge is 0.367 e. The Hall–Kier alpha value is -1.34. The van der Waals surface area contributed by atoms with Crippen molar-refractivity contribution in [1.29, 1.82) is 0 Å². The van der Waals surface area contributed by atoms with Gasteiger partial charge in [-0.15, -0.1) is 11.3 Å². The van der Waals surface area contributed by atoms with E-state index in [9.17, 15) is 4.79 Å². The average Bonchev–Trinajstić information content (AvgIpc) is 3.12. The zero-order valence-corrected chi connectivity index (χ0v) is 15.6. The van der Waals surface area contributed by atoms with Gasteiger partial charge in [0, 0.05) is 6.54 Å². The molecule has 2 heterocycles. The predicted molar refractivity (Wildman–Crippen MR) is 97.6 cm³/mol. The van der Waals surface area contributed by atoms with Gasteiger partial charge in [0.05, 0.1) is 8.66 Å². The van der Waals surface area contributed by atoms with Crippen LogP contribution in [0.3, 0.4) is 0 Å². The van der Waals surface area contributed by atoms with E-state index in [-0.39, 0.29) is 11.8 Å². The first-order valence-electron chi connectivity index (χ1n) is 7.92. The van der Waals surface area contributed by atoms with E-state index in [0.717, 1.165) is 21.5 Å². The van der Waals surface area contributed by atoms with E-state index in [0.29, 0.717) is 17.8 Å². The lowest BCUT2D eigenvalue weighted by Crippen LogP contribution is -2.25. The molecule has 1 amide bonds. The maximum atomic E-state index is 12.4. The monoisotopic (exact) mass is 399 g/mol. The first kappa shape index (κ1) is 18.0. The Labute approximate surface area is 148 Å². The fourth-order valence-corrected chi connectivity index (χ4v) is 3.70. The summed E-state index contributed by atoms with van der Waals surface area (Å²) in [6.45, 7) is 2.84. The molecule has 0 radical (unpaired) electrons. The summed E-state index contributed by atoms with van der Waals surface area (Å²) in [5, 5.41) is 6.84. The Kier molecular flexibility index (Phi) is 7.11. The van der Waals surface area contributed by atoms with E-state index in [1.807, 2.05) is 12.1 Å². The molecule has 23 heavy (non-hydrogen) atoms. The molecule has 0 bridgehead atoms. The molecule has 0 unspecified atom stereocenters. The maximum absolute atomic E-state index is 12.4. The van der Waals surface area contributed by atoms with Crippen molar-refractivity contribution < 1.29 is 9.32 Å². The summed E-state index contributed by atoms with van der Waals surface area (Å²) in [6.07, 6.45) is 7.10. The fraction of sp³-hybridized carbons (Fsp3) is 0.500. The molecule has 5 nitrogen and oxygen atoms in total. The lowest BCUT2D eigenvalue weighted by molar-refractivity contribution is 0.0954. The van der Waals surface area contributed by atoms with Crippen molar-refractivity contribution in [3.05, 3.63) is 21.5 Å². The smallest absolute Gasteiger partial charge is 0.259 e. The van der Waals surface area contributed by atoms with Crippen LogP contribution in [0.1, 0.15) is 55.8 Å². The lowest BCUT2D eigenvalue weighted by atomic mass is 10.1. The van der Waals surface area contributed by atoms with Gasteiger partial charge in [-0.1, -0.05) is 44.2 Å². The Morgan fingerprint density at radius 3 is 2.74 bits per heavy atom. The van der Waals surface area contributed by atoms with Crippen LogP contribution in [0.15, 0.2) is 20.4 Å². The van der Waals surface area contributed by atoms with Gasteiger partial charge in [0.25, 0.3) is 5.91 Å². The van der Waals surface area contributed by atoms with Crippen molar-refractivity contribution >= 4 is 39.1 Å². The molecular formula is C16H22BrN3O2S. The van der Waals surface area contributed by atoms with Gasteiger partial charge >= 0.3 is 0 Å². The van der Waals surface area contributed by atoms with Crippen molar-refractivity contribution in [2.75, 3.05) is 12.3 Å². The lowest BCUT2D eigenvalue weighted by Gasteiger charge is -2.05. The number of anilines is 1. The number of halogens is 1. The van der Waals surface area contributed by atoms with Crippen LogP contribution in [0.25, 0.3) is 10.6 Å². The highest BCUT2D eigenvalue weighted by atomic mass is 79.9. The van der Waals surface area contributed by atoms with E-state index in [2.05, 4.69) is 33.3 Å². The highest BCUT2D eigenvalue weighted by Crippen LogP contribution is 2.34. The van der Waals surface area contributed by atoms with E-state index in [4.69, 9.17) is 10.3 Å². The zero-order valence-electron chi connectivity index (χ0n) is 13.2. The van der Waals surface area contributed by atoms with Crippen molar-refractivity contribution in [2.45, 2.75) is 45.4 Å². The molecule has 0 fully saturated rings. The molecule has 7 heteroatoms. The molecule has 0 saturated carbocycles. The van der Waals surface area contributed by atoms with E-state index < -0.39 is 0 Å². The SMILES string of the molecule is CCCCCCCCNC(=O)c1c(-c2ccc(Br)s2)noc1N. The number of nitrogens with two attached hydrogens (primary N) is 1. The first-order chi connectivity index (χ1) is 11.1. The van der Waals surface area contributed by atoms with Crippen LogP contribution in [-0.4, -0.2) is 17.6 Å². The minimum Gasteiger partial charge on any atom is -0.367 e. The normalized spacial score (nSPS) is 10.9. The number of thiophene rings is 1. The van der Waals surface area contributed by atoms with Gasteiger partial charge in [-0.2, -0.15) is 0 Å². The molecule has 0 aliphatic heterocycles. The third-order valence-electron chi connectivity index (χ3n) is 3.57. The number of hydrogen-bond acceptors (Lipinski definition) is 5. The van der Waals surface area contributed by atoms with Gasteiger partial charge in [-0.3, -0.25) is 4.79 Å². The van der Waals surface area contributed by atoms with Gasteiger partial charge in [-0.05, 0) is 34.5 Å². The van der Waals surface area contributed by atoms with Crippen LogP contribution in [0.4, 0.5) is 5.88 Å². The standard InChI is InChI=1S/C16H22BrN3O2S/c1-2-3-4-5-6-7-10-19-16(21)13-14(20-22-15(13)18)11-8-9-12(17)23-11/h8-9H,2-7,10,18H2,1H3,(H,19,21). The molecule has 2 aromatic heterocycles. The van der Waals surface area contributed by atoms with Crippen LogP contribution in [-0.2, 0) is 0 Å². The highest BCUT2D eigenvalue weighted by molar-refractivity contribution is 9.11. The Morgan fingerprint density at radius 1 is 1.30 bits per heavy atom. The Morgan fingerprint density at radius 2 is 2.04 bits per heavy atom. The summed E-state index contributed by atoms with van der Waals surface area (Å²) in [6, 6.07) is 3.79. The second kappa shape index (κ2) is 9.08. The number of carbonyl (C=O) groups is 1. The number of nitrogens with one attached hydrogen (secondary N) is 1.